The van der Waals surface area contributed by atoms with Gasteiger partial charge in [-0.2, -0.15) is 5.10 Å². The fourth-order valence-electron chi connectivity index (χ4n) is 2.66. The molecule has 0 aliphatic carbocycles. The molecule has 6 nitrogen and oxygen atoms in total. The first-order valence-corrected chi connectivity index (χ1v) is 8.81. The number of morpholine rings is 1. The first-order chi connectivity index (χ1) is 10.8. The largest absolute Gasteiger partial charge is 0.374 e. The Hall–Kier alpha value is -1.31. The molecule has 3 heterocycles. The van der Waals surface area contributed by atoms with Gasteiger partial charge in [-0.3, -0.25) is 9.58 Å². The maximum absolute atomic E-state index is 5.83. The zero-order valence-corrected chi connectivity index (χ0v) is 13.8. The molecule has 0 N–H and O–H groups in total. The monoisotopic (exact) mass is 321 g/mol. The summed E-state index contributed by atoms with van der Waals surface area (Å²) in [6.07, 6.45) is 7.04. The van der Waals surface area contributed by atoms with Gasteiger partial charge in [0.05, 0.1) is 30.0 Å². The average molecular weight is 321 g/mol. The van der Waals surface area contributed by atoms with Gasteiger partial charge in [0.1, 0.15) is 12.7 Å². The second-order valence-corrected chi connectivity index (χ2v) is 6.62. The van der Waals surface area contributed by atoms with Crippen LogP contribution < -0.4 is 0 Å². The van der Waals surface area contributed by atoms with Crippen LogP contribution in [0.4, 0.5) is 0 Å². The lowest BCUT2D eigenvalue weighted by Crippen LogP contribution is -2.43. The first kappa shape index (κ1) is 15.6. The van der Waals surface area contributed by atoms with E-state index >= 15 is 0 Å². The number of hydrogen-bond donors (Lipinski definition) is 0. The molecule has 3 rings (SSSR count). The van der Waals surface area contributed by atoms with E-state index < -0.39 is 0 Å². The zero-order chi connectivity index (χ0) is 15.2. The summed E-state index contributed by atoms with van der Waals surface area (Å²) in [5, 5.41) is 7.62. The van der Waals surface area contributed by atoms with Gasteiger partial charge in [0, 0.05) is 25.0 Å². The third-order valence-corrected chi connectivity index (χ3v) is 4.77. The highest BCUT2D eigenvalue weighted by molar-refractivity contribution is 7.09. The Bertz CT molecular complexity index is 556. The lowest BCUT2D eigenvalue weighted by atomic mass is 10.2. The van der Waals surface area contributed by atoms with E-state index in [0.29, 0.717) is 0 Å². The van der Waals surface area contributed by atoms with Crippen molar-refractivity contribution in [3.05, 3.63) is 28.7 Å². The van der Waals surface area contributed by atoms with Gasteiger partial charge in [-0.15, -0.1) is 11.3 Å². The van der Waals surface area contributed by atoms with Gasteiger partial charge >= 0.3 is 0 Å². The minimum absolute atomic E-state index is 0.175. The van der Waals surface area contributed by atoms with E-state index in [1.165, 1.54) is 23.5 Å². The third-order valence-electron chi connectivity index (χ3n) is 3.81. The van der Waals surface area contributed by atoms with Crippen molar-refractivity contribution in [2.24, 2.45) is 0 Å². The SMILES string of the molecule is CCCCc1nc(CN2CCOC(Cn3cncn3)C2)cs1. The highest BCUT2D eigenvalue weighted by atomic mass is 32.1. The van der Waals surface area contributed by atoms with Crippen molar-refractivity contribution < 1.29 is 4.74 Å². The lowest BCUT2D eigenvalue weighted by Gasteiger charge is -2.32. The number of aromatic nitrogens is 4. The molecule has 2 aromatic rings. The second-order valence-electron chi connectivity index (χ2n) is 5.68. The summed E-state index contributed by atoms with van der Waals surface area (Å²) < 4.78 is 7.66. The summed E-state index contributed by atoms with van der Waals surface area (Å²) in [6, 6.07) is 0. The molecular weight excluding hydrogens is 298 g/mol. The molecule has 0 radical (unpaired) electrons. The number of ether oxygens (including phenoxy) is 1. The lowest BCUT2D eigenvalue weighted by molar-refractivity contribution is -0.0405. The van der Waals surface area contributed by atoms with Gasteiger partial charge in [-0.1, -0.05) is 13.3 Å². The van der Waals surface area contributed by atoms with Crippen molar-refractivity contribution in [2.45, 2.75) is 45.4 Å². The number of aryl methyl sites for hydroxylation is 1. The number of thiazole rings is 1. The fourth-order valence-corrected chi connectivity index (χ4v) is 3.50. The summed E-state index contributed by atoms with van der Waals surface area (Å²) in [6.45, 7) is 6.55. The summed E-state index contributed by atoms with van der Waals surface area (Å²) in [5.41, 5.74) is 1.19. The van der Waals surface area contributed by atoms with Crippen molar-refractivity contribution in [3.63, 3.8) is 0 Å². The van der Waals surface area contributed by atoms with Crippen LogP contribution in [0.2, 0.25) is 0 Å². The Labute approximate surface area is 135 Å². The van der Waals surface area contributed by atoms with Gasteiger partial charge in [-0.25, -0.2) is 9.97 Å². The van der Waals surface area contributed by atoms with Crippen LogP contribution in [0.15, 0.2) is 18.0 Å². The van der Waals surface area contributed by atoms with Gasteiger partial charge in [-0.05, 0) is 12.8 Å². The smallest absolute Gasteiger partial charge is 0.137 e. The summed E-state index contributed by atoms with van der Waals surface area (Å²) in [5.74, 6) is 0. The molecule has 22 heavy (non-hydrogen) atoms. The van der Waals surface area contributed by atoms with Crippen molar-refractivity contribution in [1.29, 1.82) is 0 Å². The molecule has 0 amide bonds. The van der Waals surface area contributed by atoms with Crippen LogP contribution >= 0.6 is 11.3 Å². The molecule has 1 aliphatic heterocycles. The molecule has 0 aromatic carbocycles. The fraction of sp³-hybridized carbons (Fsp3) is 0.667. The molecule has 1 fully saturated rings. The Kier molecular flexibility index (Phi) is 5.53. The van der Waals surface area contributed by atoms with E-state index in [1.807, 2.05) is 4.68 Å². The molecule has 0 saturated carbocycles. The van der Waals surface area contributed by atoms with Crippen LogP contribution in [-0.4, -0.2) is 50.4 Å². The van der Waals surface area contributed by atoms with E-state index in [9.17, 15) is 0 Å². The molecule has 2 aromatic heterocycles. The molecule has 1 saturated heterocycles. The van der Waals surface area contributed by atoms with Gasteiger partial charge in [0.15, 0.2) is 0 Å². The van der Waals surface area contributed by atoms with Crippen LogP contribution in [0.5, 0.6) is 0 Å². The van der Waals surface area contributed by atoms with Crippen LogP contribution in [0.1, 0.15) is 30.5 Å². The normalized spacial score (nSPS) is 19.6. The van der Waals surface area contributed by atoms with E-state index in [-0.39, 0.29) is 6.10 Å². The molecule has 1 atom stereocenters. The van der Waals surface area contributed by atoms with E-state index in [0.717, 1.165) is 39.2 Å². The summed E-state index contributed by atoms with van der Waals surface area (Å²) in [7, 11) is 0. The molecule has 7 heteroatoms. The van der Waals surface area contributed by atoms with Crippen molar-refractivity contribution in [3.8, 4) is 0 Å². The van der Waals surface area contributed by atoms with Crippen LogP contribution in [0, 0.1) is 0 Å². The number of nitrogens with zero attached hydrogens (tertiary/aromatic N) is 5. The maximum atomic E-state index is 5.83. The number of rotatable bonds is 7. The Balaban J connectivity index is 1.50. The molecule has 1 unspecified atom stereocenters. The van der Waals surface area contributed by atoms with Crippen molar-refractivity contribution in [2.75, 3.05) is 19.7 Å². The Morgan fingerprint density at radius 1 is 1.45 bits per heavy atom. The zero-order valence-electron chi connectivity index (χ0n) is 13.0. The average Bonchev–Trinajstić information content (AvgIpc) is 3.17. The topological polar surface area (TPSA) is 56.1 Å². The maximum Gasteiger partial charge on any atom is 0.137 e. The highest BCUT2D eigenvalue weighted by Gasteiger charge is 2.21. The number of hydrogen-bond acceptors (Lipinski definition) is 6. The molecule has 1 aliphatic rings. The minimum Gasteiger partial charge on any atom is -0.374 e. The van der Waals surface area contributed by atoms with E-state index in [1.54, 1.807) is 24.0 Å². The molecule has 0 spiro atoms. The van der Waals surface area contributed by atoms with Gasteiger partial charge in [0.2, 0.25) is 0 Å². The molecule has 0 bridgehead atoms. The predicted molar refractivity (Wildman–Crippen MR) is 85.8 cm³/mol. The van der Waals surface area contributed by atoms with Crippen LogP contribution in [0.3, 0.4) is 0 Å². The van der Waals surface area contributed by atoms with Crippen molar-refractivity contribution in [1.82, 2.24) is 24.6 Å². The number of unbranched alkanes of at least 4 members (excludes halogenated alkanes) is 1. The summed E-state index contributed by atoms with van der Waals surface area (Å²) in [4.78, 5) is 11.1. The quantitative estimate of drug-likeness (QED) is 0.780. The van der Waals surface area contributed by atoms with Gasteiger partial charge < -0.3 is 4.74 Å². The van der Waals surface area contributed by atoms with Crippen LogP contribution in [0.25, 0.3) is 0 Å². The van der Waals surface area contributed by atoms with Crippen molar-refractivity contribution >= 4 is 11.3 Å². The van der Waals surface area contributed by atoms with Gasteiger partial charge in [0.25, 0.3) is 0 Å². The summed E-state index contributed by atoms with van der Waals surface area (Å²) >= 11 is 1.79. The standard InChI is InChI=1S/C15H23N5OS/c1-2-3-4-15-18-13(10-22-15)7-19-5-6-21-14(8-19)9-20-12-16-11-17-20/h10-12,14H,2-9H2,1H3. The molecule has 120 valence electrons. The Morgan fingerprint density at radius 3 is 3.23 bits per heavy atom. The second kappa shape index (κ2) is 7.80. The van der Waals surface area contributed by atoms with E-state index in [2.05, 4.69) is 27.3 Å². The first-order valence-electron chi connectivity index (χ1n) is 7.93. The van der Waals surface area contributed by atoms with Crippen LogP contribution in [-0.2, 0) is 24.2 Å². The highest BCUT2D eigenvalue weighted by Crippen LogP contribution is 2.16. The Morgan fingerprint density at radius 2 is 2.41 bits per heavy atom. The molecular formula is C15H23N5OS. The van der Waals surface area contributed by atoms with E-state index in [4.69, 9.17) is 9.72 Å². The third kappa shape index (κ3) is 4.34. The minimum atomic E-state index is 0.175. The predicted octanol–water partition coefficient (Wildman–Crippen LogP) is 1.98.